The molecule has 0 fully saturated rings. The Labute approximate surface area is 109 Å². The van der Waals surface area contributed by atoms with E-state index in [0.29, 0.717) is 17.2 Å². The molecule has 1 aromatic rings. The van der Waals surface area contributed by atoms with Gasteiger partial charge in [0.1, 0.15) is 17.3 Å². The summed E-state index contributed by atoms with van der Waals surface area (Å²) in [6, 6.07) is 1.50. The highest BCUT2D eigenvalue weighted by Crippen LogP contribution is 2.31. The van der Waals surface area contributed by atoms with Crippen molar-refractivity contribution in [3.63, 3.8) is 0 Å². The second-order valence-electron chi connectivity index (χ2n) is 3.66. The summed E-state index contributed by atoms with van der Waals surface area (Å²) in [6.07, 6.45) is 0.658. The zero-order chi connectivity index (χ0) is 13.3. The summed E-state index contributed by atoms with van der Waals surface area (Å²) in [5, 5.41) is 0.256. The molecule has 1 aromatic heterocycles. The maximum Gasteiger partial charge on any atom is 0.261 e. The first-order chi connectivity index (χ1) is 8.60. The maximum atomic E-state index is 12.2. The van der Waals surface area contributed by atoms with Gasteiger partial charge in [-0.1, -0.05) is 11.6 Å². The smallest absolute Gasteiger partial charge is 0.261 e. The molecule has 1 amide bonds. The number of carbonyl (C=O) groups excluding carboxylic acids is 1. The molecule has 0 bridgehead atoms. The average Bonchev–Trinajstić information content (AvgIpc) is 2.61. The number of aromatic nitrogens is 2. The lowest BCUT2D eigenvalue weighted by atomic mass is 10.3. The van der Waals surface area contributed by atoms with Gasteiger partial charge in [-0.25, -0.2) is 9.97 Å². The van der Waals surface area contributed by atoms with Crippen LogP contribution in [-0.2, 0) is 14.3 Å². The third kappa shape index (κ3) is 1.93. The minimum atomic E-state index is -0.631. The molecule has 18 heavy (non-hydrogen) atoms. The maximum absolute atomic E-state index is 12.2. The Morgan fingerprint density at radius 3 is 2.67 bits per heavy atom. The van der Waals surface area contributed by atoms with E-state index in [1.54, 1.807) is 6.92 Å². The lowest BCUT2D eigenvalue weighted by molar-refractivity contribution is -0.115. The van der Waals surface area contributed by atoms with E-state index in [9.17, 15) is 4.79 Å². The summed E-state index contributed by atoms with van der Waals surface area (Å²) >= 11 is 5.79. The number of halogens is 1. The highest BCUT2D eigenvalue weighted by molar-refractivity contribution is 6.29. The number of carbonyl (C=O) groups is 1. The topological polar surface area (TPSA) is 64.5 Å². The summed E-state index contributed by atoms with van der Waals surface area (Å²) in [5.74, 6) is 0.615. The third-order valence-corrected chi connectivity index (χ3v) is 2.88. The van der Waals surface area contributed by atoms with E-state index in [0.717, 1.165) is 0 Å². The molecule has 0 aliphatic carbocycles. The van der Waals surface area contributed by atoms with Crippen molar-refractivity contribution >= 4 is 23.3 Å². The van der Waals surface area contributed by atoms with Crippen molar-refractivity contribution in [3.8, 4) is 0 Å². The molecule has 2 rings (SSSR count). The lowest BCUT2D eigenvalue weighted by Gasteiger charge is -2.23. The van der Waals surface area contributed by atoms with Gasteiger partial charge in [0.25, 0.3) is 5.91 Å². The quantitative estimate of drug-likeness (QED) is 0.776. The van der Waals surface area contributed by atoms with Crippen molar-refractivity contribution in [2.75, 3.05) is 19.1 Å². The molecule has 2 heterocycles. The van der Waals surface area contributed by atoms with E-state index in [1.807, 2.05) is 0 Å². The monoisotopic (exact) mass is 269 g/mol. The van der Waals surface area contributed by atoms with Crippen LogP contribution in [-0.4, -0.2) is 36.3 Å². The number of methoxy groups -OCH3 is 2. The van der Waals surface area contributed by atoms with Gasteiger partial charge in [-0.15, -0.1) is 0 Å². The molecule has 1 atom stereocenters. The SMILES string of the molecule is COC1=C(C)C(=O)N(c2cc(Cl)ncn2)C1OC. The van der Waals surface area contributed by atoms with Crippen LogP contribution in [0.5, 0.6) is 0 Å². The van der Waals surface area contributed by atoms with Gasteiger partial charge in [0, 0.05) is 13.2 Å². The van der Waals surface area contributed by atoms with Crippen LogP contribution in [0.2, 0.25) is 5.15 Å². The van der Waals surface area contributed by atoms with Crippen molar-refractivity contribution in [3.05, 3.63) is 28.9 Å². The van der Waals surface area contributed by atoms with E-state index in [-0.39, 0.29) is 11.1 Å². The summed E-state index contributed by atoms with van der Waals surface area (Å²) in [5.41, 5.74) is 0.485. The molecule has 6 nitrogen and oxygen atoms in total. The predicted molar refractivity (Wildman–Crippen MR) is 65.0 cm³/mol. The van der Waals surface area contributed by atoms with Gasteiger partial charge in [-0.05, 0) is 6.92 Å². The number of rotatable bonds is 3. The zero-order valence-corrected chi connectivity index (χ0v) is 10.9. The molecule has 1 aliphatic heterocycles. The standard InChI is InChI=1S/C11H12ClN3O3/c1-6-9(17-2)11(18-3)15(10(6)16)8-4-7(12)13-5-14-8/h4-5,11H,1-3H3. The summed E-state index contributed by atoms with van der Waals surface area (Å²) in [4.78, 5) is 21.3. The van der Waals surface area contributed by atoms with Crippen molar-refractivity contribution in [1.29, 1.82) is 0 Å². The zero-order valence-electron chi connectivity index (χ0n) is 10.2. The van der Waals surface area contributed by atoms with E-state index in [2.05, 4.69) is 9.97 Å². The van der Waals surface area contributed by atoms with Gasteiger partial charge >= 0.3 is 0 Å². The number of hydrogen-bond acceptors (Lipinski definition) is 5. The van der Waals surface area contributed by atoms with Gasteiger partial charge < -0.3 is 9.47 Å². The van der Waals surface area contributed by atoms with Gasteiger partial charge in [-0.3, -0.25) is 9.69 Å². The van der Waals surface area contributed by atoms with Crippen LogP contribution < -0.4 is 4.90 Å². The number of amides is 1. The molecule has 1 aliphatic rings. The number of hydrogen-bond donors (Lipinski definition) is 0. The second-order valence-corrected chi connectivity index (χ2v) is 4.04. The van der Waals surface area contributed by atoms with Crippen molar-refractivity contribution in [1.82, 2.24) is 9.97 Å². The largest absolute Gasteiger partial charge is 0.496 e. The third-order valence-electron chi connectivity index (χ3n) is 2.68. The molecule has 96 valence electrons. The van der Waals surface area contributed by atoms with Crippen LogP contribution in [0.15, 0.2) is 23.7 Å². The Hall–Kier alpha value is -1.66. The first kappa shape index (κ1) is 12.8. The first-order valence-corrected chi connectivity index (χ1v) is 5.56. The molecule has 0 spiro atoms. The van der Waals surface area contributed by atoms with Gasteiger partial charge in [0.05, 0.1) is 12.7 Å². The van der Waals surface area contributed by atoms with Gasteiger partial charge in [-0.2, -0.15) is 0 Å². The molecule has 1 unspecified atom stereocenters. The number of anilines is 1. The number of ether oxygens (including phenoxy) is 2. The Balaban J connectivity index is 2.44. The van der Waals surface area contributed by atoms with Crippen LogP contribution in [0.4, 0.5) is 5.82 Å². The predicted octanol–water partition coefficient (Wildman–Crippen LogP) is 1.37. The fourth-order valence-corrected chi connectivity index (χ4v) is 1.98. The molecule has 0 aromatic carbocycles. The fraction of sp³-hybridized carbons (Fsp3) is 0.364. The van der Waals surface area contributed by atoms with E-state index >= 15 is 0 Å². The Morgan fingerprint density at radius 2 is 2.11 bits per heavy atom. The Kier molecular flexibility index (Phi) is 3.49. The Morgan fingerprint density at radius 1 is 1.39 bits per heavy atom. The van der Waals surface area contributed by atoms with Crippen molar-refractivity contribution in [2.24, 2.45) is 0 Å². The van der Waals surface area contributed by atoms with Crippen molar-refractivity contribution in [2.45, 2.75) is 13.2 Å². The summed E-state index contributed by atoms with van der Waals surface area (Å²) in [7, 11) is 2.99. The summed E-state index contributed by atoms with van der Waals surface area (Å²) in [6.45, 7) is 1.68. The van der Waals surface area contributed by atoms with Crippen LogP contribution in [0.25, 0.3) is 0 Å². The number of nitrogens with zero attached hydrogens (tertiary/aromatic N) is 3. The van der Waals surface area contributed by atoms with Crippen LogP contribution >= 0.6 is 11.6 Å². The first-order valence-electron chi connectivity index (χ1n) is 5.18. The van der Waals surface area contributed by atoms with E-state index in [4.69, 9.17) is 21.1 Å². The Bertz CT molecular complexity index is 518. The minimum absolute atomic E-state index is 0.228. The minimum Gasteiger partial charge on any atom is -0.496 e. The average molecular weight is 270 g/mol. The second kappa shape index (κ2) is 4.91. The molecular formula is C11H12ClN3O3. The fourth-order valence-electron chi connectivity index (χ4n) is 1.84. The van der Waals surface area contributed by atoms with E-state index < -0.39 is 6.23 Å². The van der Waals surface area contributed by atoms with Crippen LogP contribution in [0.1, 0.15) is 6.92 Å². The van der Waals surface area contributed by atoms with Gasteiger partial charge in [0.15, 0.2) is 12.0 Å². The molecule has 7 heteroatoms. The highest BCUT2D eigenvalue weighted by atomic mass is 35.5. The van der Waals surface area contributed by atoms with Gasteiger partial charge in [0.2, 0.25) is 0 Å². The molecule has 0 saturated heterocycles. The lowest BCUT2D eigenvalue weighted by Crippen LogP contribution is -2.37. The summed E-state index contributed by atoms with van der Waals surface area (Å²) < 4.78 is 10.5. The molecule has 0 N–H and O–H groups in total. The van der Waals surface area contributed by atoms with Crippen LogP contribution in [0, 0.1) is 0 Å². The normalized spacial score (nSPS) is 19.7. The molecule has 0 saturated carbocycles. The molecular weight excluding hydrogens is 258 g/mol. The van der Waals surface area contributed by atoms with E-state index in [1.165, 1.54) is 31.5 Å². The van der Waals surface area contributed by atoms with Crippen molar-refractivity contribution < 1.29 is 14.3 Å². The molecule has 0 radical (unpaired) electrons. The van der Waals surface area contributed by atoms with Crippen LogP contribution in [0.3, 0.4) is 0 Å². The highest BCUT2D eigenvalue weighted by Gasteiger charge is 2.40.